The van der Waals surface area contributed by atoms with Crippen LogP contribution in [0.3, 0.4) is 0 Å². The molecule has 1 aromatic heterocycles. The van der Waals surface area contributed by atoms with Crippen molar-refractivity contribution in [1.29, 1.82) is 0 Å². The van der Waals surface area contributed by atoms with Gasteiger partial charge in [0.1, 0.15) is 0 Å². The molecule has 0 aliphatic carbocycles. The summed E-state index contributed by atoms with van der Waals surface area (Å²) in [7, 11) is 2.16. The van der Waals surface area contributed by atoms with E-state index in [9.17, 15) is 9.90 Å². The number of piperidine rings is 1. The van der Waals surface area contributed by atoms with Gasteiger partial charge in [0.2, 0.25) is 0 Å². The highest BCUT2D eigenvalue weighted by molar-refractivity contribution is 5.94. The number of hydrogen-bond acceptors (Lipinski definition) is 5. The fraction of sp³-hybridized carbons (Fsp3) is 0.286. The van der Waals surface area contributed by atoms with Gasteiger partial charge in [-0.05, 0) is 68.7 Å². The van der Waals surface area contributed by atoms with E-state index in [1.165, 1.54) is 18.4 Å². The maximum absolute atomic E-state index is 11.6. The second-order valence-corrected chi connectivity index (χ2v) is 7.04. The Morgan fingerprint density at radius 1 is 1.04 bits per heavy atom. The molecule has 4 rings (SSSR count). The van der Waals surface area contributed by atoms with Gasteiger partial charge in [-0.15, -0.1) is 0 Å². The van der Waals surface area contributed by atoms with Crippen molar-refractivity contribution in [3.8, 4) is 0 Å². The van der Waals surface area contributed by atoms with Crippen LogP contribution in [-0.4, -0.2) is 46.1 Å². The van der Waals surface area contributed by atoms with Gasteiger partial charge in [0, 0.05) is 5.69 Å². The molecule has 0 spiro atoms. The van der Waals surface area contributed by atoms with Crippen LogP contribution in [0.1, 0.15) is 34.8 Å². The largest absolute Gasteiger partial charge is 0.476 e. The Balaban J connectivity index is 1.58. The minimum absolute atomic E-state index is 0.0758. The van der Waals surface area contributed by atoms with Crippen LogP contribution in [0, 0.1) is 0 Å². The van der Waals surface area contributed by atoms with Gasteiger partial charge in [-0.1, -0.05) is 24.3 Å². The molecule has 6 heteroatoms. The van der Waals surface area contributed by atoms with Gasteiger partial charge in [-0.3, -0.25) is 0 Å². The molecule has 1 saturated heterocycles. The van der Waals surface area contributed by atoms with E-state index in [4.69, 9.17) is 0 Å². The summed E-state index contributed by atoms with van der Waals surface area (Å²) >= 11 is 0. The van der Waals surface area contributed by atoms with Gasteiger partial charge in [-0.25, -0.2) is 14.8 Å². The van der Waals surface area contributed by atoms with E-state index in [1.54, 1.807) is 6.07 Å². The molecule has 1 aliphatic heterocycles. The fourth-order valence-electron chi connectivity index (χ4n) is 3.55. The minimum atomic E-state index is -1.10. The molecule has 0 radical (unpaired) electrons. The lowest BCUT2D eigenvalue weighted by Crippen LogP contribution is -2.29. The summed E-state index contributed by atoms with van der Waals surface area (Å²) in [6.07, 6.45) is 2.34. The van der Waals surface area contributed by atoms with E-state index in [2.05, 4.69) is 39.4 Å². The van der Waals surface area contributed by atoms with Crippen LogP contribution in [0.5, 0.6) is 0 Å². The van der Waals surface area contributed by atoms with Gasteiger partial charge in [0.15, 0.2) is 11.5 Å². The number of rotatable bonds is 4. The zero-order chi connectivity index (χ0) is 18.8. The molecule has 0 saturated carbocycles. The quantitative estimate of drug-likeness (QED) is 0.733. The first-order chi connectivity index (χ1) is 13.1. The Bertz CT molecular complexity index is 964. The van der Waals surface area contributed by atoms with Crippen molar-refractivity contribution in [2.75, 3.05) is 25.5 Å². The third-order valence-corrected chi connectivity index (χ3v) is 5.14. The van der Waals surface area contributed by atoms with Crippen LogP contribution in [0.2, 0.25) is 0 Å². The number of carboxylic acids is 1. The molecule has 1 aliphatic rings. The average Bonchev–Trinajstić information content (AvgIpc) is 2.68. The highest BCUT2D eigenvalue weighted by atomic mass is 16.4. The third kappa shape index (κ3) is 3.75. The molecule has 27 heavy (non-hydrogen) atoms. The van der Waals surface area contributed by atoms with E-state index >= 15 is 0 Å². The Morgan fingerprint density at radius 3 is 2.30 bits per heavy atom. The van der Waals surface area contributed by atoms with Crippen LogP contribution in [0.25, 0.3) is 11.0 Å². The van der Waals surface area contributed by atoms with E-state index < -0.39 is 5.97 Å². The lowest BCUT2D eigenvalue weighted by atomic mass is 9.89. The highest BCUT2D eigenvalue weighted by Gasteiger charge is 2.19. The van der Waals surface area contributed by atoms with E-state index in [-0.39, 0.29) is 11.5 Å². The molecule has 2 N–H and O–H groups in total. The van der Waals surface area contributed by atoms with E-state index in [0.29, 0.717) is 17.0 Å². The predicted molar refractivity (Wildman–Crippen MR) is 106 cm³/mol. The molecular weight excluding hydrogens is 340 g/mol. The topological polar surface area (TPSA) is 78.3 Å². The van der Waals surface area contributed by atoms with Crippen LogP contribution < -0.4 is 5.32 Å². The minimum Gasteiger partial charge on any atom is -0.476 e. The summed E-state index contributed by atoms with van der Waals surface area (Å²) in [4.78, 5) is 22.6. The van der Waals surface area contributed by atoms with Crippen LogP contribution in [-0.2, 0) is 0 Å². The molecule has 3 aromatic rings. The third-order valence-electron chi connectivity index (χ3n) is 5.14. The molecule has 6 nitrogen and oxygen atoms in total. The molecule has 1 fully saturated rings. The van der Waals surface area contributed by atoms with Crippen molar-refractivity contribution < 1.29 is 9.90 Å². The summed E-state index contributed by atoms with van der Waals surface area (Å²) in [5, 5.41) is 12.6. The van der Waals surface area contributed by atoms with Crippen LogP contribution >= 0.6 is 0 Å². The molecule has 0 unspecified atom stereocenters. The normalized spacial score (nSPS) is 15.7. The summed E-state index contributed by atoms with van der Waals surface area (Å²) < 4.78 is 0. The highest BCUT2D eigenvalue weighted by Crippen LogP contribution is 2.29. The summed E-state index contributed by atoms with van der Waals surface area (Å²) in [5.41, 5.74) is 3.29. The van der Waals surface area contributed by atoms with Gasteiger partial charge in [0.05, 0.1) is 11.0 Å². The second kappa shape index (κ2) is 7.32. The maximum Gasteiger partial charge on any atom is 0.358 e. The van der Waals surface area contributed by atoms with Crippen molar-refractivity contribution >= 4 is 28.5 Å². The number of benzene rings is 2. The fourth-order valence-corrected chi connectivity index (χ4v) is 3.55. The molecule has 2 aromatic carbocycles. The molecular formula is C21H22N4O2. The summed E-state index contributed by atoms with van der Waals surface area (Å²) in [6.45, 7) is 2.25. The van der Waals surface area contributed by atoms with Gasteiger partial charge < -0.3 is 15.3 Å². The number of hydrogen-bond donors (Lipinski definition) is 2. The number of aromatic nitrogens is 2. The Morgan fingerprint density at radius 2 is 1.67 bits per heavy atom. The van der Waals surface area contributed by atoms with Gasteiger partial charge in [0.25, 0.3) is 0 Å². The number of aromatic carboxylic acids is 1. The zero-order valence-electron chi connectivity index (χ0n) is 15.2. The average molecular weight is 362 g/mol. The SMILES string of the molecule is CN1CCC(c2ccc(Nc3nc4ccccc4nc3C(=O)O)cc2)CC1. The molecule has 2 heterocycles. The first kappa shape index (κ1) is 17.4. The number of nitrogens with zero attached hydrogens (tertiary/aromatic N) is 3. The summed E-state index contributed by atoms with van der Waals surface area (Å²) in [6, 6.07) is 15.5. The Kier molecular flexibility index (Phi) is 4.73. The number of carboxylic acid groups (broad SMARTS) is 1. The van der Waals surface area contributed by atoms with Crippen molar-refractivity contribution in [2.45, 2.75) is 18.8 Å². The number of nitrogens with one attached hydrogen (secondary N) is 1. The molecule has 0 amide bonds. The second-order valence-electron chi connectivity index (χ2n) is 7.04. The van der Waals surface area contributed by atoms with Crippen LogP contribution in [0.4, 0.5) is 11.5 Å². The van der Waals surface area contributed by atoms with Gasteiger partial charge >= 0.3 is 5.97 Å². The maximum atomic E-state index is 11.6. The van der Waals surface area contributed by atoms with Crippen molar-refractivity contribution in [2.24, 2.45) is 0 Å². The Labute approximate surface area is 157 Å². The van der Waals surface area contributed by atoms with Crippen LogP contribution in [0.15, 0.2) is 48.5 Å². The van der Waals surface area contributed by atoms with Crippen molar-refractivity contribution in [1.82, 2.24) is 14.9 Å². The molecule has 138 valence electrons. The lowest BCUT2D eigenvalue weighted by Gasteiger charge is -2.29. The first-order valence-electron chi connectivity index (χ1n) is 9.16. The lowest BCUT2D eigenvalue weighted by molar-refractivity contribution is 0.0692. The van der Waals surface area contributed by atoms with Crippen molar-refractivity contribution in [3.05, 3.63) is 59.8 Å². The van der Waals surface area contributed by atoms with Crippen molar-refractivity contribution in [3.63, 3.8) is 0 Å². The van der Waals surface area contributed by atoms with E-state index in [0.717, 1.165) is 18.8 Å². The number of anilines is 2. The number of likely N-dealkylation sites (tertiary alicyclic amines) is 1. The summed E-state index contributed by atoms with van der Waals surface area (Å²) in [5.74, 6) is -0.253. The monoisotopic (exact) mass is 362 g/mol. The Hall–Kier alpha value is -2.99. The number of carbonyl (C=O) groups is 1. The molecule has 0 bridgehead atoms. The smallest absolute Gasteiger partial charge is 0.358 e. The zero-order valence-corrected chi connectivity index (χ0v) is 15.2. The van der Waals surface area contributed by atoms with E-state index in [1.807, 2.05) is 30.3 Å². The number of para-hydroxylation sites is 2. The predicted octanol–water partition coefficient (Wildman–Crippen LogP) is 3.88. The number of fused-ring (bicyclic) bond motifs is 1. The molecule has 0 atom stereocenters. The standard InChI is InChI=1S/C21H22N4O2/c1-25-12-10-15(11-13-25)14-6-8-16(9-7-14)22-20-19(21(26)27)23-17-4-2-3-5-18(17)24-20/h2-9,15H,10-13H2,1H3,(H,22,24)(H,26,27). The van der Waals surface area contributed by atoms with Gasteiger partial charge in [-0.2, -0.15) is 0 Å². The first-order valence-corrected chi connectivity index (χ1v) is 9.16.